The third-order valence-corrected chi connectivity index (χ3v) is 4.44. The molecule has 0 aliphatic carbocycles. The van der Waals surface area contributed by atoms with Crippen LogP contribution in [0.2, 0.25) is 0 Å². The summed E-state index contributed by atoms with van der Waals surface area (Å²) < 4.78 is 23.9. The molecule has 0 atom stereocenters. The maximum absolute atomic E-state index is 11.2. The highest BCUT2D eigenvalue weighted by Crippen LogP contribution is 2.18. The Morgan fingerprint density at radius 1 is 1.48 bits per heavy atom. The Bertz CT molecular complexity index is 612. The third-order valence-electron chi connectivity index (χ3n) is 3.20. The Kier molecular flexibility index (Phi) is 6.41. The molecule has 1 aromatic carbocycles. The van der Waals surface area contributed by atoms with Crippen molar-refractivity contribution in [3.05, 3.63) is 29.8 Å². The highest BCUT2D eigenvalue weighted by molar-refractivity contribution is 14.0. The molecule has 0 saturated carbocycles. The van der Waals surface area contributed by atoms with Crippen LogP contribution in [0.25, 0.3) is 0 Å². The maximum Gasteiger partial charge on any atom is 0.211 e. The predicted molar refractivity (Wildman–Crippen MR) is 96.6 cm³/mol. The van der Waals surface area contributed by atoms with Gasteiger partial charge in [-0.3, -0.25) is 4.99 Å². The van der Waals surface area contributed by atoms with Gasteiger partial charge in [0.05, 0.1) is 6.26 Å². The van der Waals surface area contributed by atoms with E-state index in [0.717, 1.165) is 11.3 Å². The van der Waals surface area contributed by atoms with Gasteiger partial charge in [0.1, 0.15) is 0 Å². The molecule has 0 bridgehead atoms. The molecule has 118 valence electrons. The molecule has 21 heavy (non-hydrogen) atoms. The van der Waals surface area contributed by atoms with Gasteiger partial charge in [-0.15, -0.1) is 24.0 Å². The molecule has 0 spiro atoms. The summed E-state index contributed by atoms with van der Waals surface area (Å²) in [6.45, 7) is 3.60. The first-order chi connectivity index (χ1) is 9.34. The molecular weight excluding hydrogens is 403 g/mol. The molecule has 1 saturated heterocycles. The van der Waals surface area contributed by atoms with E-state index < -0.39 is 10.0 Å². The van der Waals surface area contributed by atoms with Crippen LogP contribution in [0.5, 0.6) is 0 Å². The molecular formula is C13H21IN4O2S. The van der Waals surface area contributed by atoms with Crippen LogP contribution < -0.4 is 11.1 Å². The second-order valence-electron chi connectivity index (χ2n) is 5.17. The molecule has 1 fully saturated rings. The van der Waals surface area contributed by atoms with E-state index in [1.165, 1.54) is 10.6 Å². The molecule has 1 aliphatic heterocycles. The number of benzene rings is 1. The zero-order valence-corrected chi connectivity index (χ0v) is 15.3. The van der Waals surface area contributed by atoms with Crippen molar-refractivity contribution in [2.75, 3.05) is 31.2 Å². The topological polar surface area (TPSA) is 87.8 Å². The van der Waals surface area contributed by atoms with E-state index >= 15 is 0 Å². The lowest BCUT2D eigenvalue weighted by Gasteiger charge is -2.36. The van der Waals surface area contributed by atoms with Crippen molar-refractivity contribution < 1.29 is 8.42 Å². The Labute approximate surface area is 142 Å². The van der Waals surface area contributed by atoms with E-state index in [4.69, 9.17) is 5.73 Å². The van der Waals surface area contributed by atoms with E-state index in [9.17, 15) is 8.42 Å². The van der Waals surface area contributed by atoms with Crippen molar-refractivity contribution in [2.45, 2.75) is 6.92 Å². The minimum atomic E-state index is -3.05. The quantitative estimate of drug-likeness (QED) is 0.433. The molecule has 1 aromatic rings. The third kappa shape index (κ3) is 5.44. The normalized spacial score (nSPS) is 17.0. The highest BCUT2D eigenvalue weighted by atomic mass is 127. The summed E-state index contributed by atoms with van der Waals surface area (Å²) in [6.07, 6.45) is 1.22. The fourth-order valence-electron chi connectivity index (χ4n) is 2.05. The number of sulfonamides is 1. The van der Waals surface area contributed by atoms with Crippen LogP contribution in [0.4, 0.5) is 5.69 Å². The molecule has 0 radical (unpaired) electrons. The largest absolute Gasteiger partial charge is 0.370 e. The number of halogens is 1. The van der Waals surface area contributed by atoms with Crippen LogP contribution in [-0.2, 0) is 10.0 Å². The van der Waals surface area contributed by atoms with Gasteiger partial charge in [0.25, 0.3) is 0 Å². The van der Waals surface area contributed by atoms with Crippen molar-refractivity contribution >= 4 is 45.6 Å². The van der Waals surface area contributed by atoms with Crippen molar-refractivity contribution in [1.82, 2.24) is 4.31 Å². The van der Waals surface area contributed by atoms with Gasteiger partial charge >= 0.3 is 0 Å². The van der Waals surface area contributed by atoms with Crippen molar-refractivity contribution in [1.29, 1.82) is 0 Å². The summed E-state index contributed by atoms with van der Waals surface area (Å²) in [4.78, 5) is 4.25. The van der Waals surface area contributed by atoms with Gasteiger partial charge in [0.15, 0.2) is 5.96 Å². The van der Waals surface area contributed by atoms with Gasteiger partial charge < -0.3 is 11.1 Å². The number of nitrogens with one attached hydrogen (secondary N) is 1. The average molecular weight is 424 g/mol. The van der Waals surface area contributed by atoms with Gasteiger partial charge in [-0.1, -0.05) is 12.1 Å². The van der Waals surface area contributed by atoms with Crippen LogP contribution in [0.15, 0.2) is 29.3 Å². The Balaban J connectivity index is 0.00000220. The second-order valence-corrected chi connectivity index (χ2v) is 7.15. The first-order valence-corrected chi connectivity index (χ1v) is 8.28. The Morgan fingerprint density at radius 3 is 2.71 bits per heavy atom. The molecule has 1 aliphatic rings. The van der Waals surface area contributed by atoms with Crippen LogP contribution in [0.3, 0.4) is 0 Å². The molecule has 3 N–H and O–H groups in total. The van der Waals surface area contributed by atoms with Gasteiger partial charge in [-0.2, -0.15) is 0 Å². The molecule has 8 heteroatoms. The smallest absolute Gasteiger partial charge is 0.211 e. The monoisotopic (exact) mass is 424 g/mol. The highest BCUT2D eigenvalue weighted by Gasteiger charge is 2.32. The zero-order valence-electron chi connectivity index (χ0n) is 12.1. The van der Waals surface area contributed by atoms with Crippen molar-refractivity contribution in [3.63, 3.8) is 0 Å². The van der Waals surface area contributed by atoms with Gasteiger partial charge in [-0.05, 0) is 24.6 Å². The number of guanidine groups is 1. The maximum atomic E-state index is 11.2. The molecule has 0 aromatic heterocycles. The SMILES string of the molecule is Cc1cccc(NC(N)=NCC2CN(S(C)(=O)=O)C2)c1.I. The summed E-state index contributed by atoms with van der Waals surface area (Å²) in [5.74, 6) is 0.607. The van der Waals surface area contributed by atoms with E-state index in [2.05, 4.69) is 10.3 Å². The van der Waals surface area contributed by atoms with Gasteiger partial charge in [0, 0.05) is 31.2 Å². The number of anilines is 1. The van der Waals surface area contributed by atoms with Crippen molar-refractivity contribution in [3.8, 4) is 0 Å². The number of rotatable bonds is 4. The minimum absolute atomic E-state index is 0. The number of nitrogens with zero attached hydrogens (tertiary/aromatic N) is 2. The van der Waals surface area contributed by atoms with E-state index in [1.807, 2.05) is 31.2 Å². The fourth-order valence-corrected chi connectivity index (χ4v) is 3.01. The lowest BCUT2D eigenvalue weighted by atomic mass is 10.0. The van der Waals surface area contributed by atoms with E-state index in [-0.39, 0.29) is 29.9 Å². The zero-order chi connectivity index (χ0) is 14.8. The summed E-state index contributed by atoms with van der Waals surface area (Å²) in [5, 5.41) is 3.02. The van der Waals surface area contributed by atoms with E-state index in [0.29, 0.717) is 25.6 Å². The number of aliphatic imine (C=N–C) groups is 1. The van der Waals surface area contributed by atoms with Crippen LogP contribution in [-0.4, -0.2) is 44.6 Å². The second kappa shape index (κ2) is 7.41. The average Bonchev–Trinajstić information content (AvgIpc) is 2.24. The van der Waals surface area contributed by atoms with Crippen LogP contribution in [0.1, 0.15) is 5.56 Å². The number of nitrogens with two attached hydrogens (primary N) is 1. The van der Waals surface area contributed by atoms with Gasteiger partial charge in [-0.25, -0.2) is 12.7 Å². The minimum Gasteiger partial charge on any atom is -0.370 e. The first kappa shape index (κ1) is 18.2. The molecule has 0 amide bonds. The number of aryl methyl sites for hydroxylation is 1. The van der Waals surface area contributed by atoms with Gasteiger partial charge in [0.2, 0.25) is 10.0 Å². The number of hydrogen-bond acceptors (Lipinski definition) is 3. The Hall–Kier alpha value is -0.870. The standard InChI is InChI=1S/C13H20N4O2S.HI/c1-10-4-3-5-12(6-10)16-13(14)15-7-11-8-17(9-11)20(2,18)19;/h3-6,11H,7-9H2,1-2H3,(H3,14,15,16);1H. The fraction of sp³-hybridized carbons (Fsp3) is 0.462. The summed E-state index contributed by atoms with van der Waals surface area (Å²) in [6, 6.07) is 7.86. The summed E-state index contributed by atoms with van der Waals surface area (Å²) in [7, 11) is -3.05. The predicted octanol–water partition coefficient (Wildman–Crippen LogP) is 1.23. The van der Waals surface area contributed by atoms with E-state index in [1.54, 1.807) is 0 Å². The molecule has 1 heterocycles. The Morgan fingerprint density at radius 2 is 2.14 bits per heavy atom. The molecule has 0 unspecified atom stereocenters. The first-order valence-electron chi connectivity index (χ1n) is 6.43. The number of hydrogen-bond donors (Lipinski definition) is 2. The summed E-state index contributed by atoms with van der Waals surface area (Å²) in [5.41, 5.74) is 7.86. The molecule has 2 rings (SSSR count). The van der Waals surface area contributed by atoms with Crippen LogP contribution >= 0.6 is 24.0 Å². The lowest BCUT2D eigenvalue weighted by molar-refractivity contribution is 0.209. The van der Waals surface area contributed by atoms with Crippen LogP contribution in [0, 0.1) is 12.8 Å². The van der Waals surface area contributed by atoms with Crippen molar-refractivity contribution in [2.24, 2.45) is 16.6 Å². The lowest BCUT2D eigenvalue weighted by Crippen LogP contribution is -2.50. The summed E-state index contributed by atoms with van der Waals surface area (Å²) >= 11 is 0. The molecule has 6 nitrogen and oxygen atoms in total.